The minimum atomic E-state index is -0.715. The molecule has 0 spiro atoms. The number of hydrogen-bond acceptors (Lipinski definition) is 4. The Morgan fingerprint density at radius 3 is 2.32 bits per heavy atom. The van der Waals surface area contributed by atoms with Gasteiger partial charge in [0.2, 0.25) is 0 Å². The highest BCUT2D eigenvalue weighted by Crippen LogP contribution is 2.32. The quantitative estimate of drug-likeness (QED) is 0.904. The highest BCUT2D eigenvalue weighted by Gasteiger charge is 2.35. The summed E-state index contributed by atoms with van der Waals surface area (Å²) in [6, 6.07) is 4.76. The molecular formula is C14H20FNO3. The van der Waals surface area contributed by atoms with Crippen LogP contribution < -0.4 is 4.90 Å². The van der Waals surface area contributed by atoms with Gasteiger partial charge in [0.15, 0.2) is 0 Å². The maximum Gasteiger partial charge on any atom is 0.146 e. The number of ether oxygens (including phenoxy) is 2. The van der Waals surface area contributed by atoms with Gasteiger partial charge >= 0.3 is 0 Å². The third-order valence-electron chi connectivity index (χ3n) is 3.61. The average molecular weight is 269 g/mol. The lowest BCUT2D eigenvalue weighted by Crippen LogP contribution is -2.27. The Labute approximate surface area is 112 Å². The van der Waals surface area contributed by atoms with E-state index in [0.717, 1.165) is 0 Å². The van der Waals surface area contributed by atoms with Crippen molar-refractivity contribution in [2.24, 2.45) is 0 Å². The van der Waals surface area contributed by atoms with Crippen LogP contribution in [0.4, 0.5) is 10.1 Å². The van der Waals surface area contributed by atoms with Crippen LogP contribution in [-0.2, 0) is 9.47 Å². The Hall–Kier alpha value is -1.17. The Morgan fingerprint density at radius 2 is 1.84 bits per heavy atom. The minimum Gasteiger partial charge on any atom is -0.389 e. The summed E-state index contributed by atoms with van der Waals surface area (Å²) in [5.41, 5.74) is 1.03. The SMILES string of the molecule is COC1CN(c2c(F)cccc2[C@@H](C)O)CC1OC. The second-order valence-corrected chi connectivity index (χ2v) is 4.81. The predicted molar refractivity (Wildman–Crippen MR) is 70.8 cm³/mol. The molecule has 1 aliphatic rings. The first-order valence-corrected chi connectivity index (χ1v) is 6.35. The Morgan fingerprint density at radius 1 is 1.26 bits per heavy atom. The summed E-state index contributed by atoms with van der Waals surface area (Å²) in [6.45, 7) is 2.74. The molecule has 5 heteroatoms. The normalized spacial score (nSPS) is 24.8. The predicted octanol–water partition coefficient (Wildman–Crippen LogP) is 1.73. The lowest BCUT2D eigenvalue weighted by Gasteiger charge is -2.23. The van der Waals surface area contributed by atoms with Crippen molar-refractivity contribution >= 4 is 5.69 Å². The molecule has 1 aromatic carbocycles. The van der Waals surface area contributed by atoms with Crippen molar-refractivity contribution < 1.29 is 19.0 Å². The Kier molecular flexibility index (Phi) is 4.39. The maximum atomic E-state index is 14.1. The van der Waals surface area contributed by atoms with Crippen molar-refractivity contribution in [3.05, 3.63) is 29.6 Å². The molecule has 1 fully saturated rings. The zero-order valence-corrected chi connectivity index (χ0v) is 11.5. The number of aliphatic hydroxyl groups is 1. The van der Waals surface area contributed by atoms with E-state index >= 15 is 0 Å². The summed E-state index contributed by atoms with van der Waals surface area (Å²) in [4.78, 5) is 1.87. The fourth-order valence-corrected chi connectivity index (χ4v) is 2.58. The molecule has 0 aliphatic carbocycles. The first-order chi connectivity index (χ1) is 9.08. The van der Waals surface area contributed by atoms with Crippen molar-refractivity contribution in [2.45, 2.75) is 25.2 Å². The molecule has 0 amide bonds. The Bertz CT molecular complexity index is 427. The van der Waals surface area contributed by atoms with Crippen molar-refractivity contribution in [1.29, 1.82) is 0 Å². The second kappa shape index (κ2) is 5.86. The molecule has 1 saturated heterocycles. The summed E-state index contributed by atoms with van der Waals surface area (Å²) in [6.07, 6.45) is -0.897. The summed E-state index contributed by atoms with van der Waals surface area (Å²) in [5, 5.41) is 9.78. The van der Waals surface area contributed by atoms with Crippen molar-refractivity contribution in [3.8, 4) is 0 Å². The first kappa shape index (κ1) is 14.2. The van der Waals surface area contributed by atoms with E-state index in [0.29, 0.717) is 24.3 Å². The number of hydrogen-bond donors (Lipinski definition) is 1. The standard InChI is InChI=1S/C14H20FNO3/c1-9(17)10-5-4-6-11(15)14(10)16-7-12(18-2)13(8-16)19-3/h4-6,9,12-13,17H,7-8H2,1-3H3/t9-,12?,13?/m1/s1. The van der Waals surface area contributed by atoms with Gasteiger partial charge in [-0.3, -0.25) is 0 Å². The van der Waals surface area contributed by atoms with Crippen molar-refractivity contribution in [1.82, 2.24) is 0 Å². The third-order valence-corrected chi connectivity index (χ3v) is 3.61. The van der Waals surface area contributed by atoms with Crippen molar-refractivity contribution in [3.63, 3.8) is 0 Å². The summed E-state index contributed by atoms with van der Waals surface area (Å²) < 4.78 is 24.8. The molecule has 0 saturated carbocycles. The van der Waals surface area contributed by atoms with Gasteiger partial charge in [-0.1, -0.05) is 12.1 Å². The second-order valence-electron chi connectivity index (χ2n) is 4.81. The molecule has 2 rings (SSSR count). The molecule has 0 radical (unpaired) electrons. The van der Waals surface area contributed by atoms with Crippen LogP contribution in [0.3, 0.4) is 0 Å². The van der Waals surface area contributed by atoms with E-state index in [9.17, 15) is 9.50 Å². The fraction of sp³-hybridized carbons (Fsp3) is 0.571. The molecule has 2 unspecified atom stereocenters. The molecule has 4 nitrogen and oxygen atoms in total. The van der Waals surface area contributed by atoms with Gasteiger partial charge in [0, 0.05) is 32.9 Å². The van der Waals surface area contributed by atoms with Gasteiger partial charge in [-0.05, 0) is 13.0 Å². The number of aliphatic hydroxyl groups excluding tert-OH is 1. The number of methoxy groups -OCH3 is 2. The van der Waals surface area contributed by atoms with E-state index in [4.69, 9.17) is 9.47 Å². The van der Waals surface area contributed by atoms with E-state index in [1.54, 1.807) is 33.3 Å². The van der Waals surface area contributed by atoms with Gasteiger partial charge in [-0.2, -0.15) is 0 Å². The molecule has 0 aromatic heterocycles. The Balaban J connectivity index is 2.33. The molecule has 1 aromatic rings. The topological polar surface area (TPSA) is 41.9 Å². The van der Waals surface area contributed by atoms with Crippen LogP contribution in [0.2, 0.25) is 0 Å². The van der Waals surface area contributed by atoms with Gasteiger partial charge < -0.3 is 19.5 Å². The third kappa shape index (κ3) is 2.73. The van der Waals surface area contributed by atoms with E-state index in [2.05, 4.69) is 0 Å². The van der Waals surface area contributed by atoms with Crippen LogP contribution >= 0.6 is 0 Å². The lowest BCUT2D eigenvalue weighted by atomic mass is 10.1. The van der Waals surface area contributed by atoms with Crippen LogP contribution in [0.1, 0.15) is 18.6 Å². The van der Waals surface area contributed by atoms with E-state index in [1.807, 2.05) is 4.90 Å². The first-order valence-electron chi connectivity index (χ1n) is 6.35. The fourth-order valence-electron chi connectivity index (χ4n) is 2.58. The van der Waals surface area contributed by atoms with Crippen molar-refractivity contribution in [2.75, 3.05) is 32.2 Å². The molecule has 0 bridgehead atoms. The van der Waals surface area contributed by atoms with E-state index < -0.39 is 6.10 Å². The number of anilines is 1. The van der Waals surface area contributed by atoms with Gasteiger partial charge in [0.1, 0.15) is 18.0 Å². The number of rotatable bonds is 4. The van der Waals surface area contributed by atoms with Gasteiger partial charge in [0.25, 0.3) is 0 Å². The van der Waals surface area contributed by atoms with Crippen LogP contribution in [0, 0.1) is 5.82 Å². The molecule has 1 N–H and O–H groups in total. The summed E-state index contributed by atoms with van der Waals surface area (Å²) in [7, 11) is 3.24. The van der Waals surface area contributed by atoms with Crippen LogP contribution in [0.5, 0.6) is 0 Å². The lowest BCUT2D eigenvalue weighted by molar-refractivity contribution is -0.00461. The molecular weight excluding hydrogens is 249 g/mol. The molecule has 1 heterocycles. The largest absolute Gasteiger partial charge is 0.389 e. The molecule has 1 aliphatic heterocycles. The molecule has 3 atom stereocenters. The molecule has 19 heavy (non-hydrogen) atoms. The zero-order chi connectivity index (χ0) is 14.0. The summed E-state index contributed by atoms with van der Waals surface area (Å²) in [5.74, 6) is -0.329. The maximum absolute atomic E-state index is 14.1. The van der Waals surface area contributed by atoms with Crippen LogP contribution in [0.25, 0.3) is 0 Å². The van der Waals surface area contributed by atoms with Gasteiger partial charge in [-0.15, -0.1) is 0 Å². The van der Waals surface area contributed by atoms with Gasteiger partial charge in [0.05, 0.1) is 11.8 Å². The monoisotopic (exact) mass is 269 g/mol. The average Bonchev–Trinajstić information content (AvgIpc) is 2.81. The number of benzene rings is 1. The molecule has 106 valence electrons. The van der Waals surface area contributed by atoms with E-state index in [-0.39, 0.29) is 18.0 Å². The van der Waals surface area contributed by atoms with Crippen LogP contribution in [0.15, 0.2) is 18.2 Å². The number of para-hydroxylation sites is 1. The highest BCUT2D eigenvalue weighted by molar-refractivity contribution is 5.57. The van der Waals surface area contributed by atoms with E-state index in [1.165, 1.54) is 6.07 Å². The smallest absolute Gasteiger partial charge is 0.146 e. The highest BCUT2D eigenvalue weighted by atomic mass is 19.1. The minimum absolute atomic E-state index is 0.0912. The summed E-state index contributed by atoms with van der Waals surface area (Å²) >= 11 is 0. The van der Waals surface area contributed by atoms with Crippen LogP contribution in [-0.4, -0.2) is 44.6 Å². The number of halogens is 1. The zero-order valence-electron chi connectivity index (χ0n) is 11.5. The van der Waals surface area contributed by atoms with Gasteiger partial charge in [-0.25, -0.2) is 4.39 Å². The number of nitrogens with zero attached hydrogens (tertiary/aromatic N) is 1.